The average molecular weight is 433 g/mol. The minimum absolute atomic E-state index is 0. The van der Waals surface area contributed by atoms with Gasteiger partial charge in [0.25, 0.3) is 0 Å². The zero-order chi connectivity index (χ0) is 2.71. The van der Waals surface area contributed by atoms with Crippen LogP contribution in [-0.2, 0) is 18.6 Å². The van der Waals surface area contributed by atoms with Gasteiger partial charge < -0.3 is 0 Å². The Balaban J connectivity index is 0. The molecule has 0 fully saturated rings. The quantitative estimate of drug-likeness (QED) is 0.516. The van der Waals surface area contributed by atoms with Crippen LogP contribution in [0.1, 0.15) is 0 Å². The second kappa shape index (κ2) is 9.24. The molecule has 0 aromatic rings. The fourth-order valence-electron chi connectivity index (χ4n) is 0. The van der Waals surface area contributed by atoms with Crippen LogP contribution in [0.3, 0.4) is 0 Å². The van der Waals surface area contributed by atoms with Crippen molar-refractivity contribution in [2.45, 2.75) is 0 Å². The van der Waals surface area contributed by atoms with E-state index in [2.05, 4.69) is 37.2 Å². The number of halogens is 3. The Bertz CT molecular complexity index is 3.25. The number of rotatable bonds is 0. The second-order valence-electron chi connectivity index (χ2n) is 0.0583. The normalized spacial score (nSPS) is 5.50. The number of hydrogen-bond acceptors (Lipinski definition) is 0. The molecule has 1 radical (unpaired) electrons. The predicted molar refractivity (Wildman–Crippen MR) is 43.5 cm³/mol. The van der Waals surface area contributed by atoms with Crippen molar-refractivity contribution >= 4 is 50.5 Å². The molecule has 4 heteroatoms. The van der Waals surface area contributed by atoms with Crippen LogP contribution in [0.2, 0.25) is 0 Å². The van der Waals surface area contributed by atoms with E-state index < -0.39 is 0 Å². The molecule has 0 aromatic heterocycles. The van der Waals surface area contributed by atoms with Crippen LogP contribution in [-0.4, -0.2) is 0 Å². The summed E-state index contributed by atoms with van der Waals surface area (Å²) in [6, 6.07) is 0. The van der Waals surface area contributed by atoms with E-state index in [1.54, 1.807) is 0 Å². The van der Waals surface area contributed by atoms with Gasteiger partial charge in [0.15, 0.2) is 0 Å². The molecule has 27 valence electrons. The summed E-state index contributed by atoms with van der Waals surface area (Å²) in [6.45, 7) is 0. The Morgan fingerprint density at radius 3 is 1.25 bits per heavy atom. The molecule has 0 saturated carbocycles. The van der Waals surface area contributed by atoms with E-state index in [1.165, 1.54) is 0 Å². The summed E-state index contributed by atoms with van der Waals surface area (Å²) in [5.41, 5.74) is 0. The van der Waals surface area contributed by atoms with Gasteiger partial charge in [0.1, 0.15) is 0 Å². The zero-order valence-corrected chi connectivity index (χ0v) is 9.65. The van der Waals surface area contributed by atoms with Crippen molar-refractivity contribution in [3.63, 3.8) is 0 Å². The van der Waals surface area contributed by atoms with Gasteiger partial charge in [0.2, 0.25) is 0 Å². The third kappa shape index (κ3) is 8.84. The summed E-state index contributed by atoms with van der Waals surface area (Å²) in [5, 5.41) is 0. The van der Waals surface area contributed by atoms with Crippen molar-refractivity contribution in [2.24, 2.45) is 0 Å². The van der Waals surface area contributed by atoms with Crippen molar-refractivity contribution < 1.29 is 18.6 Å². The Labute approximate surface area is 67.4 Å². The van der Waals surface area contributed by atoms with Crippen LogP contribution in [0, 0.1) is 0 Å². The van der Waals surface area contributed by atoms with Gasteiger partial charge in [-0.1, -0.05) is 0 Å². The summed E-state index contributed by atoms with van der Waals surface area (Å²) in [4.78, 5) is 0. The molecule has 0 aliphatic rings. The molecule has 0 N–H and O–H groups in total. The van der Waals surface area contributed by atoms with E-state index in [4.69, 9.17) is 0 Å². The second-order valence-corrected chi connectivity index (χ2v) is 17.6. The van der Waals surface area contributed by atoms with Crippen LogP contribution < -0.4 is 0 Å². The van der Waals surface area contributed by atoms with Crippen molar-refractivity contribution in [1.29, 1.82) is 0 Å². The topological polar surface area (TPSA) is 0 Å². The predicted octanol–water partition coefficient (Wildman–Crippen LogP) is 2.39. The standard InChI is InChI=1S/HI3.V/c1-3-2;/h3H;. The van der Waals surface area contributed by atoms with Gasteiger partial charge in [0, 0.05) is 18.6 Å². The van der Waals surface area contributed by atoms with Crippen LogP contribution >= 0.6 is 50.5 Å². The van der Waals surface area contributed by atoms with Crippen LogP contribution in [0.4, 0.5) is 0 Å². The summed E-state index contributed by atoms with van der Waals surface area (Å²) >= 11 is 5.22. The van der Waals surface area contributed by atoms with E-state index in [-0.39, 0.29) is 18.6 Å². The Morgan fingerprint density at radius 1 is 1.25 bits per heavy atom. The van der Waals surface area contributed by atoms with Crippen LogP contribution in [0.25, 0.3) is 0 Å². The van der Waals surface area contributed by atoms with Gasteiger partial charge in [-0.3, -0.25) is 0 Å². The van der Waals surface area contributed by atoms with Crippen LogP contribution in [0.5, 0.6) is 0 Å². The maximum absolute atomic E-state index is 2.41. The first-order chi connectivity index (χ1) is 1.41. The van der Waals surface area contributed by atoms with Crippen molar-refractivity contribution in [3.8, 4) is 0 Å². The molecule has 0 bridgehead atoms. The molecule has 0 aromatic carbocycles. The minimum Gasteiger partial charge on any atom is 0 e. The van der Waals surface area contributed by atoms with E-state index in [1.807, 2.05) is 0 Å². The summed E-state index contributed by atoms with van der Waals surface area (Å²) in [7, 11) is 0. The third-order valence-electron chi connectivity index (χ3n) is 0. The SMILES string of the molecule is I[IH]I.[V]. The first kappa shape index (κ1) is 9.91. The Kier molecular flexibility index (Phi) is 22.9. The monoisotopic (exact) mass is 433 g/mol. The molecule has 0 aliphatic carbocycles. The molecular formula is HI3V. The zero-order valence-electron chi connectivity index (χ0n) is 1.61. The minimum atomic E-state index is 0. The van der Waals surface area contributed by atoms with Gasteiger partial charge in [-0.25, -0.2) is 0 Å². The summed E-state index contributed by atoms with van der Waals surface area (Å²) in [6.07, 6.45) is 0. The van der Waals surface area contributed by atoms with Crippen LogP contribution in [0.15, 0.2) is 0 Å². The smallest absolute Gasteiger partial charge is 0 e. The first-order valence-electron chi connectivity index (χ1n) is 0.309. The maximum atomic E-state index is 2.41. The molecular weight excluding hydrogens is 432 g/mol. The Hall–Kier alpha value is 2.77. The molecule has 0 saturated heterocycles. The largest absolute Gasteiger partial charge is 0 e. The van der Waals surface area contributed by atoms with E-state index in [9.17, 15) is 0 Å². The molecule has 4 heavy (non-hydrogen) atoms. The molecule has 0 heterocycles. The van der Waals surface area contributed by atoms with E-state index in [0.717, 1.165) is 0 Å². The fraction of sp³-hybridized carbons (Fsp3) is 0. The number of hydrogen-bond donors (Lipinski definition) is 0. The van der Waals surface area contributed by atoms with Crippen molar-refractivity contribution in [1.82, 2.24) is 0 Å². The van der Waals surface area contributed by atoms with Crippen molar-refractivity contribution in [2.75, 3.05) is 0 Å². The summed E-state index contributed by atoms with van der Waals surface area (Å²) in [5.74, 6) is 0. The van der Waals surface area contributed by atoms with Gasteiger partial charge in [-0.15, -0.1) is 0 Å². The molecule has 0 nitrogen and oxygen atoms in total. The fourth-order valence-corrected chi connectivity index (χ4v) is 0. The van der Waals surface area contributed by atoms with E-state index >= 15 is 0 Å². The molecule has 0 rings (SSSR count). The Morgan fingerprint density at radius 2 is 1.25 bits per heavy atom. The molecule has 0 aliphatic heterocycles. The van der Waals surface area contributed by atoms with E-state index in [0.29, 0.717) is 13.3 Å². The third-order valence-corrected chi connectivity index (χ3v) is 0. The molecule has 0 unspecified atom stereocenters. The first-order valence-corrected chi connectivity index (χ1v) is 13.9. The average Bonchev–Trinajstić information content (AvgIpc) is 0.918. The van der Waals surface area contributed by atoms with Crippen molar-refractivity contribution in [3.05, 3.63) is 0 Å². The molecule has 0 amide bonds. The summed E-state index contributed by atoms with van der Waals surface area (Å²) < 4.78 is 0. The van der Waals surface area contributed by atoms with Gasteiger partial charge in [-0.2, -0.15) is 0 Å². The van der Waals surface area contributed by atoms with Gasteiger partial charge in [0.05, 0.1) is 0 Å². The molecule has 0 atom stereocenters. The maximum Gasteiger partial charge on any atom is 0 e. The van der Waals surface area contributed by atoms with Gasteiger partial charge >= 0.3 is 50.5 Å². The van der Waals surface area contributed by atoms with Gasteiger partial charge in [-0.05, 0) is 0 Å². The molecule has 0 spiro atoms.